The van der Waals surface area contributed by atoms with E-state index < -0.39 is 0 Å². The molecule has 1 aliphatic carbocycles. The van der Waals surface area contributed by atoms with Gasteiger partial charge in [0.05, 0.1) is 22.2 Å². The number of rotatable bonds is 10. The molecule has 438 valence electrons. The minimum atomic E-state index is -0.184. The number of hydrogen-bond acceptors (Lipinski definition) is 1. The van der Waals surface area contributed by atoms with Crippen molar-refractivity contribution in [2.45, 2.75) is 12.3 Å². The zero-order valence-electron chi connectivity index (χ0n) is 51.6. The van der Waals surface area contributed by atoms with E-state index >= 15 is 0 Å². The standard InChI is InChI=1S/C90H60BN3/c1-6-24-59(25-7-1)63-32-22-34-67(50-63)73-38-16-17-40-75(73)69-46-49-84-81(53-69)91-82-54-70(76-41-19-18-39-74(76)68-35-23-33-64(51-68)60-26-8-2-9-27-60)52-80-77-42-20-21-43-83(77)94(90(80)82)88-58-72(57-87(89(88)91)92(84)71-36-14-5-15-37-71)93-85-55-65(61-28-10-3-11-29-61)44-47-78(85)79-48-45-66(56-86(79)93)62-30-12-4-13-31-62/h1-24,26-59H,25H2. The average Bonchev–Trinajstić information content (AvgIpc) is 1.28. The van der Waals surface area contributed by atoms with Crippen LogP contribution in [0.4, 0.5) is 17.1 Å². The van der Waals surface area contributed by atoms with Gasteiger partial charge in [-0.3, -0.25) is 0 Å². The lowest BCUT2D eigenvalue weighted by atomic mass is 9.33. The molecule has 14 aromatic carbocycles. The molecule has 0 bridgehead atoms. The van der Waals surface area contributed by atoms with Crippen LogP contribution >= 0.6 is 0 Å². The Hall–Kier alpha value is -12.0. The molecule has 0 spiro atoms. The number of anilines is 3. The molecule has 0 N–H and O–H groups in total. The van der Waals surface area contributed by atoms with Crippen LogP contribution in [-0.4, -0.2) is 15.8 Å². The third-order valence-electron chi connectivity index (χ3n) is 20.2. The molecule has 2 aliphatic heterocycles. The molecule has 1 unspecified atom stereocenters. The summed E-state index contributed by atoms with van der Waals surface area (Å²) in [5.74, 6) is 0.342. The lowest BCUT2D eigenvalue weighted by molar-refractivity contribution is 0.854. The van der Waals surface area contributed by atoms with Gasteiger partial charge in [0.25, 0.3) is 6.71 Å². The largest absolute Gasteiger partial charge is 0.311 e. The van der Waals surface area contributed by atoms with Crippen molar-refractivity contribution in [3.05, 3.63) is 351 Å². The number of para-hydroxylation sites is 2. The molecular weight excluding hydrogens is 1130 g/mol. The van der Waals surface area contributed by atoms with Crippen LogP contribution in [0.1, 0.15) is 17.9 Å². The summed E-state index contributed by atoms with van der Waals surface area (Å²) in [5, 5.41) is 4.89. The summed E-state index contributed by atoms with van der Waals surface area (Å²) in [6.07, 6.45) is 9.98. The van der Waals surface area contributed by atoms with Crippen molar-refractivity contribution in [3.8, 4) is 89.3 Å². The van der Waals surface area contributed by atoms with Gasteiger partial charge in [0.1, 0.15) is 0 Å². The topological polar surface area (TPSA) is 13.1 Å². The Morgan fingerprint density at radius 1 is 0.287 bits per heavy atom. The number of benzene rings is 14. The summed E-state index contributed by atoms with van der Waals surface area (Å²) >= 11 is 0. The zero-order chi connectivity index (χ0) is 61.8. The highest BCUT2D eigenvalue weighted by Crippen LogP contribution is 2.48. The maximum atomic E-state index is 2.63. The van der Waals surface area contributed by atoms with E-state index in [0.29, 0.717) is 5.92 Å². The number of hydrogen-bond donors (Lipinski definition) is 0. The van der Waals surface area contributed by atoms with Crippen molar-refractivity contribution in [3.63, 3.8) is 0 Å². The zero-order valence-corrected chi connectivity index (χ0v) is 51.6. The van der Waals surface area contributed by atoms with Gasteiger partial charge in [-0.05, 0) is 167 Å². The second-order valence-electron chi connectivity index (χ2n) is 25.4. The first-order valence-corrected chi connectivity index (χ1v) is 32.9. The Morgan fingerprint density at radius 3 is 1.43 bits per heavy atom. The van der Waals surface area contributed by atoms with E-state index in [1.165, 1.54) is 138 Å². The summed E-state index contributed by atoms with van der Waals surface area (Å²) < 4.78 is 5.20. The Labute approximate surface area is 547 Å². The van der Waals surface area contributed by atoms with Crippen LogP contribution in [0.3, 0.4) is 0 Å². The Balaban J connectivity index is 0.908. The maximum absolute atomic E-state index is 2.63. The summed E-state index contributed by atoms with van der Waals surface area (Å²) in [7, 11) is 0. The number of aromatic nitrogens is 2. The van der Waals surface area contributed by atoms with E-state index in [4.69, 9.17) is 0 Å². The minimum absolute atomic E-state index is 0.184. The molecule has 0 radical (unpaired) electrons. The monoisotopic (exact) mass is 1190 g/mol. The quantitative estimate of drug-likeness (QED) is 0.124. The van der Waals surface area contributed by atoms with E-state index in [1.54, 1.807) is 0 Å². The minimum Gasteiger partial charge on any atom is -0.311 e. The van der Waals surface area contributed by atoms with Gasteiger partial charge in [-0.1, -0.05) is 285 Å². The molecule has 4 heteroatoms. The first-order chi connectivity index (χ1) is 46.6. The van der Waals surface area contributed by atoms with Gasteiger partial charge in [-0.25, -0.2) is 0 Å². The number of nitrogens with zero attached hydrogens (tertiary/aromatic N) is 3. The van der Waals surface area contributed by atoms with Crippen LogP contribution in [0.25, 0.3) is 133 Å². The summed E-state index contributed by atoms with van der Waals surface area (Å²) in [5.41, 5.74) is 32.3. The lowest BCUT2D eigenvalue weighted by Crippen LogP contribution is -2.60. The molecule has 0 saturated carbocycles. The van der Waals surface area contributed by atoms with Crippen LogP contribution in [0.15, 0.2) is 346 Å². The van der Waals surface area contributed by atoms with Crippen molar-refractivity contribution < 1.29 is 0 Å². The Bertz CT molecular complexity index is 5680. The van der Waals surface area contributed by atoms with Crippen molar-refractivity contribution in [2.75, 3.05) is 4.90 Å². The molecule has 16 aromatic rings. The van der Waals surface area contributed by atoms with E-state index in [0.717, 1.165) is 40.2 Å². The SMILES string of the molecule is C1=CCC(c2cccc(-c3ccccc3-c3ccc4c(c3)B3c5c(cc(-n6c7cc(-c8ccccc8)ccc7c7ccc(-c8ccccc8)cc76)cc5-n5c6ccccc6c6cc(-c7ccccc7-c7cccc(-c8ccccc8)c7)cc3c65)N4c3ccccc3)c2)C=C1. The molecule has 1 atom stereocenters. The third kappa shape index (κ3) is 8.67. The molecule has 0 fully saturated rings. The third-order valence-corrected chi connectivity index (χ3v) is 20.2. The highest BCUT2D eigenvalue weighted by molar-refractivity contribution is 7.00. The second-order valence-corrected chi connectivity index (χ2v) is 25.4. The second kappa shape index (κ2) is 21.9. The van der Waals surface area contributed by atoms with E-state index in [2.05, 4.69) is 360 Å². The maximum Gasteiger partial charge on any atom is 0.252 e. The van der Waals surface area contributed by atoms with Crippen molar-refractivity contribution >= 4 is 83.8 Å². The van der Waals surface area contributed by atoms with Gasteiger partial charge in [-0.2, -0.15) is 0 Å². The van der Waals surface area contributed by atoms with Crippen molar-refractivity contribution in [1.82, 2.24) is 9.13 Å². The van der Waals surface area contributed by atoms with Crippen LogP contribution in [0.5, 0.6) is 0 Å². The van der Waals surface area contributed by atoms with Gasteiger partial charge >= 0.3 is 0 Å². The first kappa shape index (κ1) is 53.8. The van der Waals surface area contributed by atoms with Gasteiger partial charge in [0, 0.05) is 55.7 Å². The first-order valence-electron chi connectivity index (χ1n) is 32.9. The van der Waals surface area contributed by atoms with E-state index in [-0.39, 0.29) is 6.71 Å². The predicted octanol–water partition coefficient (Wildman–Crippen LogP) is 21.8. The molecule has 0 amide bonds. The van der Waals surface area contributed by atoms with Gasteiger partial charge in [0.15, 0.2) is 0 Å². The van der Waals surface area contributed by atoms with Crippen molar-refractivity contribution in [1.29, 1.82) is 0 Å². The van der Waals surface area contributed by atoms with Crippen molar-refractivity contribution in [2.24, 2.45) is 0 Å². The number of fused-ring (bicyclic) bond motifs is 10. The lowest BCUT2D eigenvalue weighted by Gasteiger charge is -2.41. The Morgan fingerprint density at radius 2 is 0.787 bits per heavy atom. The van der Waals surface area contributed by atoms with Crippen LogP contribution in [0.2, 0.25) is 0 Å². The smallest absolute Gasteiger partial charge is 0.252 e. The van der Waals surface area contributed by atoms with Crippen LogP contribution < -0.4 is 21.3 Å². The molecule has 19 rings (SSSR count). The number of allylic oxidation sites excluding steroid dienone is 4. The van der Waals surface area contributed by atoms with Crippen LogP contribution in [0, 0.1) is 0 Å². The fraction of sp³-hybridized carbons (Fsp3) is 0.0222. The molecule has 2 aromatic heterocycles. The van der Waals surface area contributed by atoms with Gasteiger partial charge in [-0.15, -0.1) is 0 Å². The Kier molecular flexibility index (Phi) is 12.5. The molecular formula is C90H60BN3. The molecule has 3 nitrogen and oxygen atoms in total. The fourth-order valence-electron chi connectivity index (χ4n) is 15.9. The molecule has 4 heterocycles. The van der Waals surface area contributed by atoms with Crippen LogP contribution in [-0.2, 0) is 0 Å². The predicted molar refractivity (Wildman–Crippen MR) is 398 cm³/mol. The highest BCUT2D eigenvalue weighted by Gasteiger charge is 2.43. The highest BCUT2D eigenvalue weighted by atomic mass is 15.2. The summed E-state index contributed by atoms with van der Waals surface area (Å²) in [6, 6.07) is 121. The summed E-state index contributed by atoms with van der Waals surface area (Å²) in [6.45, 7) is -0.184. The van der Waals surface area contributed by atoms with Gasteiger partial charge in [0.2, 0.25) is 0 Å². The van der Waals surface area contributed by atoms with E-state index in [9.17, 15) is 0 Å². The molecule has 3 aliphatic rings. The average molecular weight is 1190 g/mol. The normalized spacial score (nSPS) is 13.7. The molecule has 0 saturated heterocycles. The molecule has 94 heavy (non-hydrogen) atoms. The van der Waals surface area contributed by atoms with E-state index in [1.807, 2.05) is 0 Å². The summed E-state index contributed by atoms with van der Waals surface area (Å²) in [4.78, 5) is 2.57. The van der Waals surface area contributed by atoms with Gasteiger partial charge < -0.3 is 14.0 Å². The fourth-order valence-corrected chi connectivity index (χ4v) is 15.9.